The van der Waals surface area contributed by atoms with Gasteiger partial charge in [-0.15, -0.1) is 0 Å². The van der Waals surface area contributed by atoms with Crippen molar-refractivity contribution >= 4 is 23.0 Å². The number of halogens is 1. The third-order valence-electron chi connectivity index (χ3n) is 5.17. The smallest absolute Gasteiger partial charge is 0.267 e. The summed E-state index contributed by atoms with van der Waals surface area (Å²) in [5.74, 6) is 0.898. The predicted octanol–water partition coefficient (Wildman–Crippen LogP) is 3.10. The zero-order valence-electron chi connectivity index (χ0n) is 19.5. The molecule has 176 valence electrons. The number of nitrogens with zero attached hydrogens (tertiary/aromatic N) is 2. The molecule has 0 aliphatic heterocycles. The van der Waals surface area contributed by atoms with E-state index in [1.165, 1.54) is 6.20 Å². The minimum atomic E-state index is -0.487. The van der Waals surface area contributed by atoms with Gasteiger partial charge in [0.05, 0.1) is 0 Å². The molecule has 0 bridgehead atoms. The van der Waals surface area contributed by atoms with Gasteiger partial charge in [-0.1, -0.05) is 18.2 Å². The highest BCUT2D eigenvalue weighted by Gasteiger charge is 2.10. The van der Waals surface area contributed by atoms with E-state index in [0.29, 0.717) is 11.4 Å². The molecular formula is C27H28ClN4O2-. The van der Waals surface area contributed by atoms with Gasteiger partial charge < -0.3 is 32.7 Å². The molecule has 1 amide bonds. The van der Waals surface area contributed by atoms with Gasteiger partial charge in [0.2, 0.25) is 0 Å². The second-order valence-electron chi connectivity index (χ2n) is 7.38. The average Bonchev–Trinajstić information content (AvgIpc) is 2.83. The maximum Gasteiger partial charge on any atom is 0.267 e. The molecule has 34 heavy (non-hydrogen) atoms. The van der Waals surface area contributed by atoms with Gasteiger partial charge in [-0.05, 0) is 80.9 Å². The Morgan fingerprint density at radius 3 is 2.24 bits per heavy atom. The number of carbonyl (C=O) groups is 1. The van der Waals surface area contributed by atoms with Crippen LogP contribution < -0.4 is 32.7 Å². The summed E-state index contributed by atoms with van der Waals surface area (Å²) in [7, 11) is 0. The van der Waals surface area contributed by atoms with Crippen molar-refractivity contribution in [3.63, 3.8) is 0 Å². The average molecular weight is 476 g/mol. The minimum absolute atomic E-state index is 0. The molecule has 2 N–H and O–H groups in total. The van der Waals surface area contributed by atoms with Gasteiger partial charge >= 0.3 is 0 Å². The van der Waals surface area contributed by atoms with Crippen LogP contribution in [0.4, 0.5) is 17.1 Å². The van der Waals surface area contributed by atoms with Crippen molar-refractivity contribution in [3.05, 3.63) is 90.1 Å². The lowest BCUT2D eigenvalue weighted by Crippen LogP contribution is -3.00. The van der Waals surface area contributed by atoms with E-state index in [9.17, 15) is 10.1 Å². The van der Waals surface area contributed by atoms with Crippen molar-refractivity contribution in [1.82, 2.24) is 0 Å². The van der Waals surface area contributed by atoms with Crippen molar-refractivity contribution in [2.24, 2.45) is 0 Å². The summed E-state index contributed by atoms with van der Waals surface area (Å²) < 4.78 is 5.75. The zero-order chi connectivity index (χ0) is 23.6. The van der Waals surface area contributed by atoms with Crippen molar-refractivity contribution in [3.8, 4) is 17.6 Å². The summed E-state index contributed by atoms with van der Waals surface area (Å²) in [5, 5.41) is 15.3. The van der Waals surface area contributed by atoms with Crippen LogP contribution in [-0.4, -0.2) is 19.0 Å². The second-order valence-corrected chi connectivity index (χ2v) is 7.38. The second kappa shape index (κ2) is 12.9. The first-order valence-electron chi connectivity index (χ1n) is 10.9. The molecule has 0 aromatic heterocycles. The van der Waals surface area contributed by atoms with Crippen LogP contribution in [0.3, 0.4) is 0 Å². The molecule has 0 spiro atoms. The van der Waals surface area contributed by atoms with Crippen LogP contribution in [0.25, 0.3) is 0 Å². The monoisotopic (exact) mass is 475 g/mol. The summed E-state index contributed by atoms with van der Waals surface area (Å²) in [5.41, 5.74) is 3.56. The molecule has 0 heterocycles. The summed E-state index contributed by atoms with van der Waals surface area (Å²) in [6, 6.07) is 24.5. The van der Waals surface area contributed by atoms with Crippen LogP contribution in [0, 0.1) is 18.3 Å². The third-order valence-corrected chi connectivity index (χ3v) is 5.17. The highest BCUT2D eigenvalue weighted by molar-refractivity contribution is 6.06. The molecular weight excluding hydrogens is 448 g/mol. The number of aryl methyl sites for hydroxylation is 1. The first kappa shape index (κ1) is 26.3. The van der Waals surface area contributed by atoms with E-state index in [-0.39, 0.29) is 18.0 Å². The molecule has 0 atom stereocenters. The maximum absolute atomic E-state index is 12.6. The van der Waals surface area contributed by atoms with E-state index in [1.807, 2.05) is 55.5 Å². The molecule has 3 aromatic rings. The largest absolute Gasteiger partial charge is 1.00 e. The standard InChI is InChI=1S/C27H28N4O2.ClH/c1-4-31(5-2)23-13-16-26(20(3)17-23)29-19-21(18-28)27(32)30-22-11-14-25(15-12-22)33-24-9-7-6-8-10-24;/h6-17,19,29H,4-5H2,1-3H3,(H,30,32);1H/p-1/b21-19-;. The summed E-state index contributed by atoms with van der Waals surface area (Å²) in [6.07, 6.45) is 1.43. The highest BCUT2D eigenvalue weighted by atomic mass is 35.5. The molecule has 0 radical (unpaired) electrons. The lowest BCUT2D eigenvalue weighted by Gasteiger charge is -2.22. The van der Waals surface area contributed by atoms with E-state index in [4.69, 9.17) is 4.74 Å². The van der Waals surface area contributed by atoms with Crippen LogP contribution in [-0.2, 0) is 4.79 Å². The van der Waals surface area contributed by atoms with E-state index >= 15 is 0 Å². The summed E-state index contributed by atoms with van der Waals surface area (Å²) in [4.78, 5) is 14.8. The molecule has 0 aliphatic carbocycles. The number of nitriles is 1. The van der Waals surface area contributed by atoms with Gasteiger partial charge in [0.25, 0.3) is 5.91 Å². The fraction of sp³-hybridized carbons (Fsp3) is 0.185. The summed E-state index contributed by atoms with van der Waals surface area (Å²) in [6.45, 7) is 8.10. The number of anilines is 3. The maximum atomic E-state index is 12.6. The molecule has 6 nitrogen and oxygen atoms in total. The molecule has 0 fully saturated rings. The number of para-hydroxylation sites is 1. The van der Waals surface area contributed by atoms with E-state index in [0.717, 1.165) is 35.8 Å². The number of hydrogen-bond acceptors (Lipinski definition) is 5. The molecule has 0 aliphatic rings. The van der Waals surface area contributed by atoms with Crippen LogP contribution >= 0.6 is 0 Å². The quantitative estimate of drug-likeness (QED) is 0.367. The topological polar surface area (TPSA) is 77.4 Å². The molecule has 3 aromatic carbocycles. The Kier molecular flexibility index (Phi) is 10.0. The zero-order valence-corrected chi connectivity index (χ0v) is 20.3. The normalized spacial score (nSPS) is 10.5. The molecule has 7 heteroatoms. The molecule has 0 unspecified atom stereocenters. The Morgan fingerprint density at radius 1 is 1.00 bits per heavy atom. The fourth-order valence-corrected chi connectivity index (χ4v) is 3.32. The van der Waals surface area contributed by atoms with Gasteiger partial charge in [0, 0.05) is 36.4 Å². The SMILES string of the molecule is CCN(CC)c1ccc(N/C=C(/C#N)C(=O)Nc2ccc(Oc3ccccc3)cc2)c(C)c1.[Cl-]. The Bertz CT molecular complexity index is 1150. The van der Waals surface area contributed by atoms with Crippen molar-refractivity contribution in [1.29, 1.82) is 5.26 Å². The van der Waals surface area contributed by atoms with Crippen LogP contribution in [0.15, 0.2) is 84.6 Å². The van der Waals surface area contributed by atoms with E-state index in [2.05, 4.69) is 35.4 Å². The highest BCUT2D eigenvalue weighted by Crippen LogP contribution is 2.24. The number of amides is 1. The Hall–Kier alpha value is -3.95. The van der Waals surface area contributed by atoms with Gasteiger partial charge in [0.1, 0.15) is 23.1 Å². The molecule has 0 saturated carbocycles. The van der Waals surface area contributed by atoms with Crippen LogP contribution in [0.5, 0.6) is 11.5 Å². The summed E-state index contributed by atoms with van der Waals surface area (Å²) >= 11 is 0. The first-order valence-corrected chi connectivity index (χ1v) is 10.9. The van der Waals surface area contributed by atoms with Gasteiger partial charge in [-0.2, -0.15) is 5.26 Å². The van der Waals surface area contributed by atoms with Crippen molar-refractivity contribution in [2.75, 3.05) is 28.6 Å². The first-order chi connectivity index (χ1) is 16.0. The minimum Gasteiger partial charge on any atom is -1.00 e. The van der Waals surface area contributed by atoms with Crippen molar-refractivity contribution < 1.29 is 21.9 Å². The predicted molar refractivity (Wildman–Crippen MR) is 134 cm³/mol. The number of hydrogen-bond donors (Lipinski definition) is 2. The van der Waals surface area contributed by atoms with E-state index in [1.54, 1.807) is 24.3 Å². The third kappa shape index (κ3) is 7.03. The molecule has 0 saturated heterocycles. The van der Waals surface area contributed by atoms with Crippen LogP contribution in [0.1, 0.15) is 19.4 Å². The van der Waals surface area contributed by atoms with Crippen molar-refractivity contribution in [2.45, 2.75) is 20.8 Å². The Morgan fingerprint density at radius 2 is 1.65 bits per heavy atom. The van der Waals surface area contributed by atoms with Gasteiger partial charge in [-0.25, -0.2) is 0 Å². The Balaban J connectivity index is 0.00000408. The number of nitrogens with one attached hydrogen (secondary N) is 2. The number of carbonyl (C=O) groups excluding carboxylic acids is 1. The Labute approximate surface area is 207 Å². The number of rotatable bonds is 9. The van der Waals surface area contributed by atoms with Gasteiger partial charge in [0.15, 0.2) is 0 Å². The lowest BCUT2D eigenvalue weighted by atomic mass is 10.1. The van der Waals surface area contributed by atoms with E-state index < -0.39 is 5.91 Å². The van der Waals surface area contributed by atoms with Gasteiger partial charge in [-0.3, -0.25) is 4.79 Å². The lowest BCUT2D eigenvalue weighted by molar-refractivity contribution is -0.112. The number of benzene rings is 3. The fourth-order valence-electron chi connectivity index (χ4n) is 3.32. The van der Waals surface area contributed by atoms with Crippen LogP contribution in [0.2, 0.25) is 0 Å². The number of ether oxygens (including phenoxy) is 1. The molecule has 3 rings (SSSR count).